The second-order valence-electron chi connectivity index (χ2n) is 7.85. The first-order valence-corrected chi connectivity index (χ1v) is 13.3. The number of carbonyl (C=O) groups excluding carboxylic acids is 1. The molecule has 0 aliphatic rings. The maximum Gasteiger partial charge on any atom is 0.261 e. The Kier molecular flexibility index (Phi) is 9.66. The number of anilines is 2. The Morgan fingerprint density at radius 2 is 1.47 bits per heavy atom. The van der Waals surface area contributed by atoms with Crippen molar-refractivity contribution in [1.29, 1.82) is 0 Å². The smallest absolute Gasteiger partial charge is 0.261 e. The van der Waals surface area contributed by atoms with Crippen molar-refractivity contribution in [3.8, 4) is 11.5 Å². The number of carbonyl (C=O) groups is 1. The van der Waals surface area contributed by atoms with Crippen LogP contribution in [0, 0.1) is 0 Å². The van der Waals surface area contributed by atoms with Gasteiger partial charge < -0.3 is 14.8 Å². The molecule has 0 fully saturated rings. The molecule has 0 aliphatic heterocycles. The minimum absolute atomic E-state index is 0.0795. The molecule has 3 aromatic rings. The monoisotopic (exact) mass is 527 g/mol. The maximum atomic E-state index is 12.6. The number of rotatable bonds is 11. The first kappa shape index (κ1) is 27.0. The number of ether oxygens (including phenoxy) is 2. The number of sulfonamides is 1. The van der Waals surface area contributed by atoms with Gasteiger partial charge in [-0.3, -0.25) is 14.8 Å². The van der Waals surface area contributed by atoms with Gasteiger partial charge in [-0.05, 0) is 91.4 Å². The maximum absolute atomic E-state index is 12.6. The average molecular weight is 528 g/mol. The Hall–Kier alpha value is -3.63. The molecular weight excluding hydrogens is 498 g/mol. The van der Waals surface area contributed by atoms with Gasteiger partial charge in [0, 0.05) is 16.9 Å². The van der Waals surface area contributed by atoms with Gasteiger partial charge in [0.1, 0.15) is 11.5 Å². The summed E-state index contributed by atoms with van der Waals surface area (Å²) in [7, 11) is -2.24. The third kappa shape index (κ3) is 7.96. The Bertz CT molecular complexity index is 1260. The number of benzene rings is 3. The van der Waals surface area contributed by atoms with E-state index in [-0.39, 0.29) is 15.9 Å². The van der Waals surface area contributed by atoms with Crippen molar-refractivity contribution in [2.45, 2.75) is 31.1 Å². The fourth-order valence-electron chi connectivity index (χ4n) is 3.17. The zero-order valence-corrected chi connectivity index (χ0v) is 21.7. The van der Waals surface area contributed by atoms with Gasteiger partial charge in [-0.15, -0.1) is 0 Å². The molecule has 0 saturated heterocycles. The molecular formula is C26H29N3O5S2. The number of hydrogen-bond acceptors (Lipinski definition) is 6. The number of thiocarbonyl (C=S) groups is 1. The van der Waals surface area contributed by atoms with Crippen LogP contribution in [0.4, 0.5) is 11.4 Å². The molecule has 1 amide bonds. The van der Waals surface area contributed by atoms with Crippen LogP contribution in [-0.2, 0) is 10.0 Å². The van der Waals surface area contributed by atoms with Gasteiger partial charge in [0.15, 0.2) is 5.11 Å². The topological polar surface area (TPSA) is 106 Å². The van der Waals surface area contributed by atoms with E-state index in [1.807, 2.05) is 0 Å². The first-order chi connectivity index (χ1) is 17.3. The van der Waals surface area contributed by atoms with Crippen molar-refractivity contribution in [3.05, 3.63) is 78.4 Å². The highest BCUT2D eigenvalue weighted by atomic mass is 32.2. The molecule has 0 aromatic heterocycles. The molecule has 0 heterocycles. The molecule has 36 heavy (non-hydrogen) atoms. The van der Waals surface area contributed by atoms with E-state index >= 15 is 0 Å². The van der Waals surface area contributed by atoms with Crippen molar-refractivity contribution in [2.24, 2.45) is 0 Å². The average Bonchev–Trinajstić information content (AvgIpc) is 2.87. The highest BCUT2D eigenvalue weighted by molar-refractivity contribution is 7.92. The number of amides is 1. The largest absolute Gasteiger partial charge is 0.497 e. The van der Waals surface area contributed by atoms with Crippen LogP contribution >= 0.6 is 12.2 Å². The van der Waals surface area contributed by atoms with Crippen LogP contribution in [0.25, 0.3) is 0 Å². The van der Waals surface area contributed by atoms with Crippen LogP contribution in [0.1, 0.15) is 36.5 Å². The summed E-state index contributed by atoms with van der Waals surface area (Å²) in [4.78, 5) is 12.6. The Balaban J connectivity index is 1.52. The van der Waals surface area contributed by atoms with E-state index in [1.165, 1.54) is 19.2 Å². The molecule has 3 rings (SSSR count). The number of methoxy groups -OCH3 is 1. The molecule has 3 aromatic carbocycles. The van der Waals surface area contributed by atoms with E-state index in [0.29, 0.717) is 35.0 Å². The Morgan fingerprint density at radius 3 is 2.08 bits per heavy atom. The van der Waals surface area contributed by atoms with Crippen LogP contribution in [0.5, 0.6) is 11.5 Å². The lowest BCUT2D eigenvalue weighted by Gasteiger charge is -2.12. The van der Waals surface area contributed by atoms with Gasteiger partial charge in [-0.1, -0.05) is 19.8 Å². The SMILES string of the molecule is CCCCCOc1ccc(C(=O)NC(=S)Nc2ccc(S(=O)(=O)Nc3ccc(OC)cc3)cc2)cc1. The zero-order valence-electron chi connectivity index (χ0n) is 20.1. The molecule has 3 N–H and O–H groups in total. The van der Waals surface area contributed by atoms with E-state index in [9.17, 15) is 13.2 Å². The highest BCUT2D eigenvalue weighted by Crippen LogP contribution is 2.20. The summed E-state index contributed by atoms with van der Waals surface area (Å²) < 4.78 is 38.5. The predicted molar refractivity (Wildman–Crippen MR) is 145 cm³/mol. The van der Waals surface area contributed by atoms with Gasteiger partial charge in [-0.2, -0.15) is 0 Å². The zero-order chi connectivity index (χ0) is 26.0. The fraction of sp³-hybridized carbons (Fsp3) is 0.231. The summed E-state index contributed by atoms with van der Waals surface area (Å²) in [5, 5.41) is 5.58. The molecule has 0 atom stereocenters. The third-order valence-electron chi connectivity index (χ3n) is 5.12. The van der Waals surface area contributed by atoms with Crippen molar-refractivity contribution in [1.82, 2.24) is 5.32 Å². The quantitative estimate of drug-likeness (QED) is 0.233. The number of nitrogens with one attached hydrogen (secondary N) is 3. The van der Waals surface area contributed by atoms with Crippen LogP contribution in [0.2, 0.25) is 0 Å². The van der Waals surface area contributed by atoms with Gasteiger partial charge in [-0.25, -0.2) is 8.42 Å². The summed E-state index contributed by atoms with van der Waals surface area (Å²) in [6, 6.07) is 19.4. The van der Waals surface area contributed by atoms with Crippen LogP contribution in [-0.4, -0.2) is 33.2 Å². The molecule has 0 unspecified atom stereocenters. The highest BCUT2D eigenvalue weighted by Gasteiger charge is 2.15. The Morgan fingerprint density at radius 1 is 0.861 bits per heavy atom. The fourth-order valence-corrected chi connectivity index (χ4v) is 4.44. The van der Waals surface area contributed by atoms with Gasteiger partial charge in [0.25, 0.3) is 15.9 Å². The molecule has 0 spiro atoms. The molecule has 0 saturated carbocycles. The van der Waals surface area contributed by atoms with Crippen molar-refractivity contribution in [2.75, 3.05) is 23.8 Å². The van der Waals surface area contributed by atoms with Crippen LogP contribution < -0.4 is 24.8 Å². The van der Waals surface area contributed by atoms with E-state index in [4.69, 9.17) is 21.7 Å². The molecule has 0 aliphatic carbocycles. The molecule has 190 valence electrons. The van der Waals surface area contributed by atoms with Crippen molar-refractivity contribution in [3.63, 3.8) is 0 Å². The molecule has 0 bridgehead atoms. The first-order valence-electron chi connectivity index (χ1n) is 11.4. The minimum Gasteiger partial charge on any atom is -0.497 e. The standard InChI is InChI=1S/C26H29N3O5S2/c1-3-4-5-18-34-23-12-6-19(7-13-23)25(30)28-26(35)27-20-10-16-24(17-11-20)36(31,32)29-21-8-14-22(33-2)15-9-21/h6-17,29H,3-5,18H2,1-2H3,(H2,27,28,30,35). The van der Waals surface area contributed by atoms with E-state index < -0.39 is 10.0 Å². The van der Waals surface area contributed by atoms with E-state index in [0.717, 1.165) is 19.3 Å². The van der Waals surface area contributed by atoms with Gasteiger partial charge >= 0.3 is 0 Å². The lowest BCUT2D eigenvalue weighted by atomic mass is 10.2. The van der Waals surface area contributed by atoms with Crippen LogP contribution in [0.3, 0.4) is 0 Å². The van der Waals surface area contributed by atoms with E-state index in [2.05, 4.69) is 22.3 Å². The Labute approximate surface area is 217 Å². The molecule has 10 heteroatoms. The summed E-state index contributed by atoms with van der Waals surface area (Å²) >= 11 is 5.23. The summed E-state index contributed by atoms with van der Waals surface area (Å²) in [5.41, 5.74) is 1.38. The summed E-state index contributed by atoms with van der Waals surface area (Å²) in [6.07, 6.45) is 3.23. The predicted octanol–water partition coefficient (Wildman–Crippen LogP) is 5.19. The second kappa shape index (κ2) is 12.9. The van der Waals surface area contributed by atoms with Gasteiger partial charge in [0.05, 0.1) is 18.6 Å². The van der Waals surface area contributed by atoms with Crippen molar-refractivity contribution >= 4 is 44.6 Å². The lowest BCUT2D eigenvalue weighted by molar-refractivity contribution is 0.0977. The normalized spacial score (nSPS) is 10.8. The van der Waals surface area contributed by atoms with Crippen molar-refractivity contribution < 1.29 is 22.7 Å². The minimum atomic E-state index is -3.78. The summed E-state index contributed by atoms with van der Waals surface area (Å²) in [5.74, 6) is 0.966. The second-order valence-corrected chi connectivity index (χ2v) is 9.94. The van der Waals surface area contributed by atoms with Gasteiger partial charge in [0.2, 0.25) is 0 Å². The third-order valence-corrected chi connectivity index (χ3v) is 6.73. The number of hydrogen-bond donors (Lipinski definition) is 3. The van der Waals surface area contributed by atoms with Crippen LogP contribution in [0.15, 0.2) is 77.7 Å². The summed E-state index contributed by atoms with van der Waals surface area (Å²) in [6.45, 7) is 2.78. The number of unbranched alkanes of at least 4 members (excludes halogenated alkanes) is 2. The molecule has 8 nitrogen and oxygen atoms in total. The molecule has 0 radical (unpaired) electrons. The lowest BCUT2D eigenvalue weighted by Crippen LogP contribution is -2.34. The van der Waals surface area contributed by atoms with E-state index in [1.54, 1.807) is 60.7 Å².